The summed E-state index contributed by atoms with van der Waals surface area (Å²) in [6, 6.07) is 0.345. The van der Waals surface area contributed by atoms with Crippen LogP contribution in [0.5, 0.6) is 0 Å². The third-order valence-corrected chi connectivity index (χ3v) is 8.84. The van der Waals surface area contributed by atoms with Crippen molar-refractivity contribution in [2.45, 2.75) is 75.9 Å². The quantitative estimate of drug-likeness (QED) is 0.367. The van der Waals surface area contributed by atoms with Crippen LogP contribution in [0.1, 0.15) is 45.8 Å². The van der Waals surface area contributed by atoms with Crippen LogP contribution >= 0.6 is 31.0 Å². The molecule has 0 radical (unpaired) electrons. The van der Waals surface area contributed by atoms with Crippen LogP contribution in [-0.4, -0.2) is 70.9 Å². The van der Waals surface area contributed by atoms with Crippen molar-refractivity contribution in [2.75, 3.05) is 16.6 Å². The Balaban J connectivity index is 1.43. The summed E-state index contributed by atoms with van der Waals surface area (Å²) in [5.74, 6) is 0.162. The predicted octanol–water partition coefficient (Wildman–Crippen LogP) is 3.12. The minimum atomic E-state index is -4.12. The molecule has 1 aliphatic carbocycles. The topological polar surface area (TPSA) is 141 Å². The normalized spacial score (nSPS) is 29.7. The van der Waals surface area contributed by atoms with Gasteiger partial charge in [0.2, 0.25) is 5.28 Å². The molecule has 2 aromatic heterocycles. The van der Waals surface area contributed by atoms with Crippen LogP contribution < -0.4 is 5.32 Å². The molecule has 14 heteroatoms. The van der Waals surface area contributed by atoms with E-state index in [1.807, 2.05) is 13.8 Å². The van der Waals surface area contributed by atoms with Gasteiger partial charge in [-0.05, 0) is 38.3 Å². The molecule has 2 saturated heterocycles. The number of aromatic nitrogens is 4. The molecule has 5 rings (SSSR count). The van der Waals surface area contributed by atoms with E-state index in [0.29, 0.717) is 23.3 Å². The molecular weight excluding hydrogens is 493 g/mol. The number of ether oxygens (including phenoxy) is 3. The van der Waals surface area contributed by atoms with Gasteiger partial charge in [-0.25, -0.2) is 4.68 Å². The van der Waals surface area contributed by atoms with Crippen molar-refractivity contribution < 1.29 is 28.6 Å². The number of hydrogen-bond donors (Lipinski definition) is 3. The van der Waals surface area contributed by atoms with Crippen LogP contribution in [0.25, 0.3) is 11.0 Å². The maximum atomic E-state index is 11.3. The molecule has 11 nitrogen and oxygen atoms in total. The second-order valence-electron chi connectivity index (χ2n) is 9.09. The van der Waals surface area contributed by atoms with Gasteiger partial charge in [0.15, 0.2) is 17.7 Å². The van der Waals surface area contributed by atoms with Crippen molar-refractivity contribution in [1.29, 1.82) is 0 Å². The van der Waals surface area contributed by atoms with Crippen LogP contribution in [0.3, 0.4) is 0 Å². The number of rotatable bonds is 7. The van der Waals surface area contributed by atoms with Gasteiger partial charge in [-0.15, -0.1) is 11.8 Å². The molecule has 3 fully saturated rings. The van der Waals surface area contributed by atoms with Gasteiger partial charge in [0, 0.05) is 11.8 Å². The molecule has 0 aromatic carbocycles. The maximum absolute atomic E-state index is 11.3. The van der Waals surface area contributed by atoms with Crippen LogP contribution in [0.4, 0.5) is 5.82 Å². The molecule has 33 heavy (non-hydrogen) atoms. The standard InChI is InChI=1S/C19H27ClN5O6PS/c1-19(2)30-13-12(8-33-9-32(26,27)28)29-17(14(13)31-19)25-16-11(7-21-25)15(23-18(20)24-16)22-10-5-3-4-6-10/h7,10,12-14,17H,3-6,8-9H2,1-2H3,(H,22,23,24)(H2,26,27,28)/t12-,13-,14-,17-/m1/s1. The lowest BCUT2D eigenvalue weighted by molar-refractivity contribution is -0.195. The zero-order chi connectivity index (χ0) is 23.4. The van der Waals surface area contributed by atoms with E-state index in [1.54, 1.807) is 10.9 Å². The van der Waals surface area contributed by atoms with Crippen molar-refractivity contribution in [3.63, 3.8) is 0 Å². The highest BCUT2D eigenvalue weighted by atomic mass is 35.5. The van der Waals surface area contributed by atoms with Gasteiger partial charge < -0.3 is 29.3 Å². The first kappa shape index (κ1) is 23.7. The second kappa shape index (κ2) is 8.91. The summed E-state index contributed by atoms with van der Waals surface area (Å²) in [5, 5.41) is 8.86. The molecule has 0 unspecified atom stereocenters. The molecule has 0 amide bonds. The molecule has 4 atom stereocenters. The Kier molecular flexibility index (Phi) is 6.41. The number of nitrogens with one attached hydrogen (secondary N) is 1. The average molecular weight is 520 g/mol. The van der Waals surface area contributed by atoms with E-state index in [9.17, 15) is 14.4 Å². The Hall–Kier alpha value is -0.980. The largest absolute Gasteiger partial charge is 0.367 e. The fourth-order valence-corrected chi connectivity index (χ4v) is 6.77. The average Bonchev–Trinajstić information content (AvgIpc) is 3.46. The molecule has 2 aliphatic heterocycles. The molecule has 0 bridgehead atoms. The van der Waals surface area contributed by atoms with Gasteiger partial charge in [-0.2, -0.15) is 15.1 Å². The lowest BCUT2D eigenvalue weighted by Crippen LogP contribution is -2.31. The number of halogens is 1. The number of hydrogen-bond acceptors (Lipinski definition) is 9. The number of nitrogens with zero attached hydrogens (tertiary/aromatic N) is 4. The number of fused-ring (bicyclic) bond motifs is 2. The van der Waals surface area contributed by atoms with Crippen LogP contribution in [0, 0.1) is 0 Å². The Labute approximate surface area is 200 Å². The minimum Gasteiger partial charge on any atom is -0.367 e. The predicted molar refractivity (Wildman–Crippen MR) is 123 cm³/mol. The van der Waals surface area contributed by atoms with Gasteiger partial charge in [-0.3, -0.25) is 4.57 Å². The van der Waals surface area contributed by atoms with E-state index >= 15 is 0 Å². The summed E-state index contributed by atoms with van der Waals surface area (Å²) in [6.45, 7) is 3.65. The van der Waals surface area contributed by atoms with E-state index < -0.39 is 37.9 Å². The molecule has 3 aliphatic rings. The number of anilines is 1. The lowest BCUT2D eigenvalue weighted by atomic mass is 10.1. The Morgan fingerprint density at radius 1 is 1.27 bits per heavy atom. The zero-order valence-corrected chi connectivity index (χ0v) is 20.7. The van der Waals surface area contributed by atoms with Crippen molar-refractivity contribution in [3.05, 3.63) is 11.5 Å². The molecule has 4 heterocycles. The third kappa shape index (κ3) is 5.04. The van der Waals surface area contributed by atoms with Gasteiger partial charge >= 0.3 is 7.60 Å². The van der Waals surface area contributed by atoms with Gasteiger partial charge in [-0.1, -0.05) is 12.8 Å². The first-order valence-corrected chi connectivity index (χ1v) is 14.2. The van der Waals surface area contributed by atoms with Crippen molar-refractivity contribution in [1.82, 2.24) is 19.7 Å². The lowest BCUT2D eigenvalue weighted by Gasteiger charge is -2.24. The third-order valence-electron chi connectivity index (χ3n) is 6.03. The van der Waals surface area contributed by atoms with Gasteiger partial charge in [0.25, 0.3) is 0 Å². The Morgan fingerprint density at radius 2 is 2.00 bits per heavy atom. The molecule has 2 aromatic rings. The fourth-order valence-electron chi connectivity index (χ4n) is 4.74. The molecule has 1 saturated carbocycles. The SMILES string of the molecule is CC1(C)O[C@@H]2[C@H](O1)[C@@H](CSCP(=O)(O)O)O[C@H]2n1ncc2c(NC3CCCC3)nc(Cl)nc21. The van der Waals surface area contributed by atoms with E-state index in [-0.39, 0.29) is 10.8 Å². The number of thioether (sulfide) groups is 1. The van der Waals surface area contributed by atoms with E-state index in [2.05, 4.69) is 20.4 Å². The van der Waals surface area contributed by atoms with E-state index in [4.69, 9.17) is 25.8 Å². The second-order valence-corrected chi connectivity index (χ2v) is 12.5. The van der Waals surface area contributed by atoms with Crippen molar-refractivity contribution in [3.8, 4) is 0 Å². The zero-order valence-electron chi connectivity index (χ0n) is 18.3. The summed E-state index contributed by atoms with van der Waals surface area (Å²) in [7, 11) is -4.12. The van der Waals surface area contributed by atoms with E-state index in [0.717, 1.165) is 30.0 Å². The summed E-state index contributed by atoms with van der Waals surface area (Å²) >= 11 is 7.39. The fraction of sp³-hybridized carbons (Fsp3) is 0.737. The smallest absolute Gasteiger partial charge is 0.335 e. The summed E-state index contributed by atoms with van der Waals surface area (Å²) in [4.78, 5) is 27.2. The monoisotopic (exact) mass is 519 g/mol. The highest BCUT2D eigenvalue weighted by molar-refractivity contribution is 8.04. The molecular formula is C19H27ClN5O6PS. The van der Waals surface area contributed by atoms with Crippen LogP contribution in [0.2, 0.25) is 5.28 Å². The minimum absolute atomic E-state index is 0.108. The summed E-state index contributed by atoms with van der Waals surface area (Å²) < 4.78 is 31.4. The first-order chi connectivity index (χ1) is 15.6. The van der Waals surface area contributed by atoms with E-state index in [1.165, 1.54) is 12.8 Å². The van der Waals surface area contributed by atoms with Gasteiger partial charge in [0.05, 0.1) is 23.2 Å². The molecule has 0 spiro atoms. The van der Waals surface area contributed by atoms with Gasteiger partial charge in [0.1, 0.15) is 18.0 Å². The van der Waals surface area contributed by atoms with Crippen LogP contribution in [0.15, 0.2) is 6.20 Å². The maximum Gasteiger partial charge on any atom is 0.335 e. The summed E-state index contributed by atoms with van der Waals surface area (Å²) in [6.07, 6.45) is 4.27. The molecule has 182 valence electrons. The molecule has 3 N–H and O–H groups in total. The highest BCUT2D eigenvalue weighted by Crippen LogP contribution is 2.46. The Morgan fingerprint density at radius 3 is 2.73 bits per heavy atom. The Bertz CT molecular complexity index is 1080. The van der Waals surface area contributed by atoms with Crippen molar-refractivity contribution >= 4 is 47.8 Å². The highest BCUT2D eigenvalue weighted by Gasteiger charge is 2.56. The first-order valence-electron chi connectivity index (χ1n) is 10.9. The van der Waals surface area contributed by atoms with Crippen LogP contribution in [-0.2, 0) is 18.8 Å². The van der Waals surface area contributed by atoms with Crippen molar-refractivity contribution in [2.24, 2.45) is 0 Å². The summed E-state index contributed by atoms with van der Waals surface area (Å²) in [5.41, 5.74) is 0.235.